The molecule has 0 aromatic heterocycles. The number of rotatable bonds is 5. The number of aliphatic hydroxyl groups is 1. The van der Waals surface area contributed by atoms with Gasteiger partial charge < -0.3 is 5.11 Å². The van der Waals surface area contributed by atoms with Gasteiger partial charge in [0, 0.05) is 18.2 Å². The molecule has 3 rings (SSSR count). The molecule has 0 amide bonds. The maximum absolute atomic E-state index is 13.8. The van der Waals surface area contributed by atoms with Crippen LogP contribution in [0, 0.1) is 23.5 Å². The predicted molar refractivity (Wildman–Crippen MR) is 91.8 cm³/mol. The molecule has 1 aliphatic carbocycles. The van der Waals surface area contributed by atoms with E-state index in [1.165, 1.54) is 36.4 Å². The van der Waals surface area contributed by atoms with Gasteiger partial charge in [-0.15, -0.1) is 0 Å². The standard InChI is InChI=1S/C19H20F2O3S/c20-16-5-8-18(19(21)10-16)15-3-6-17(7-4-15)25(23,24)12-14-2-1-13(9-14)11-22/h3-8,10,13-14,22H,1-2,9,11-12H2/t13-,14+/m0/s1. The Morgan fingerprint density at radius 1 is 1.00 bits per heavy atom. The Morgan fingerprint density at radius 2 is 1.68 bits per heavy atom. The normalized spacial score (nSPS) is 20.8. The average molecular weight is 366 g/mol. The van der Waals surface area contributed by atoms with Crippen LogP contribution in [0.3, 0.4) is 0 Å². The van der Waals surface area contributed by atoms with Crippen molar-refractivity contribution >= 4 is 9.84 Å². The molecule has 1 aliphatic rings. The lowest BCUT2D eigenvalue weighted by molar-refractivity contribution is 0.227. The third-order valence-electron chi connectivity index (χ3n) is 4.82. The van der Waals surface area contributed by atoms with E-state index in [1.54, 1.807) is 0 Å². The molecular weight excluding hydrogens is 346 g/mol. The highest BCUT2D eigenvalue weighted by Crippen LogP contribution is 2.33. The molecule has 1 N–H and O–H groups in total. The zero-order chi connectivity index (χ0) is 18.0. The van der Waals surface area contributed by atoms with E-state index >= 15 is 0 Å². The summed E-state index contributed by atoms with van der Waals surface area (Å²) in [6, 6.07) is 9.31. The Hall–Kier alpha value is -1.79. The van der Waals surface area contributed by atoms with Crippen LogP contribution in [0.15, 0.2) is 47.4 Å². The molecule has 0 spiro atoms. The molecule has 134 valence electrons. The number of halogens is 2. The van der Waals surface area contributed by atoms with Gasteiger partial charge in [-0.3, -0.25) is 0 Å². The van der Waals surface area contributed by atoms with Gasteiger partial charge >= 0.3 is 0 Å². The minimum atomic E-state index is -3.43. The molecule has 2 aromatic carbocycles. The third kappa shape index (κ3) is 4.07. The van der Waals surface area contributed by atoms with Gasteiger partial charge in [-0.05, 0) is 60.9 Å². The summed E-state index contributed by atoms with van der Waals surface area (Å²) in [6.45, 7) is 0.106. The third-order valence-corrected chi connectivity index (χ3v) is 6.72. The number of sulfone groups is 1. The molecule has 3 nitrogen and oxygen atoms in total. The van der Waals surface area contributed by atoms with Crippen molar-refractivity contribution in [3.8, 4) is 11.1 Å². The number of hydrogen-bond acceptors (Lipinski definition) is 3. The van der Waals surface area contributed by atoms with Crippen molar-refractivity contribution in [2.75, 3.05) is 12.4 Å². The number of benzene rings is 2. The summed E-state index contributed by atoms with van der Waals surface area (Å²) in [5, 5.41) is 9.17. The van der Waals surface area contributed by atoms with Crippen LogP contribution in [0.25, 0.3) is 11.1 Å². The largest absolute Gasteiger partial charge is 0.396 e. The van der Waals surface area contributed by atoms with Gasteiger partial charge in [0.2, 0.25) is 0 Å². The molecule has 0 bridgehead atoms. The van der Waals surface area contributed by atoms with Crippen LogP contribution < -0.4 is 0 Å². The van der Waals surface area contributed by atoms with Crippen molar-refractivity contribution in [3.05, 3.63) is 54.1 Å². The van der Waals surface area contributed by atoms with Gasteiger partial charge in [0.05, 0.1) is 10.6 Å². The van der Waals surface area contributed by atoms with E-state index in [0.717, 1.165) is 25.3 Å². The highest BCUT2D eigenvalue weighted by molar-refractivity contribution is 7.91. The lowest BCUT2D eigenvalue weighted by Crippen LogP contribution is -2.15. The second-order valence-corrected chi connectivity index (χ2v) is 8.69. The number of hydrogen-bond donors (Lipinski definition) is 1. The first kappa shape index (κ1) is 18.0. The topological polar surface area (TPSA) is 54.4 Å². The van der Waals surface area contributed by atoms with Crippen molar-refractivity contribution in [2.45, 2.75) is 24.2 Å². The first-order valence-corrected chi connectivity index (χ1v) is 9.93. The summed E-state index contributed by atoms with van der Waals surface area (Å²) in [5.41, 5.74) is 0.726. The summed E-state index contributed by atoms with van der Waals surface area (Å²) >= 11 is 0. The second kappa shape index (κ2) is 7.22. The summed E-state index contributed by atoms with van der Waals surface area (Å²) in [7, 11) is -3.43. The molecule has 0 radical (unpaired) electrons. The highest BCUT2D eigenvalue weighted by Gasteiger charge is 2.29. The maximum atomic E-state index is 13.8. The smallest absolute Gasteiger partial charge is 0.178 e. The van der Waals surface area contributed by atoms with Gasteiger partial charge in [0.25, 0.3) is 0 Å². The molecule has 0 unspecified atom stereocenters. The van der Waals surface area contributed by atoms with Crippen LogP contribution in [0.1, 0.15) is 19.3 Å². The Morgan fingerprint density at radius 3 is 2.28 bits per heavy atom. The first-order valence-electron chi connectivity index (χ1n) is 8.28. The van der Waals surface area contributed by atoms with Gasteiger partial charge in [-0.25, -0.2) is 17.2 Å². The van der Waals surface area contributed by atoms with E-state index in [0.29, 0.717) is 5.56 Å². The van der Waals surface area contributed by atoms with Crippen LogP contribution in [-0.4, -0.2) is 25.9 Å². The van der Waals surface area contributed by atoms with Crippen LogP contribution in [0.5, 0.6) is 0 Å². The van der Waals surface area contributed by atoms with Gasteiger partial charge in [0.1, 0.15) is 11.6 Å². The zero-order valence-electron chi connectivity index (χ0n) is 13.7. The van der Waals surface area contributed by atoms with E-state index in [2.05, 4.69) is 0 Å². The van der Waals surface area contributed by atoms with Crippen LogP contribution in [0.4, 0.5) is 8.78 Å². The Bertz CT molecular complexity index is 847. The molecule has 6 heteroatoms. The lowest BCUT2D eigenvalue weighted by atomic mass is 10.1. The summed E-state index contributed by atoms with van der Waals surface area (Å²) in [4.78, 5) is 0.200. The lowest BCUT2D eigenvalue weighted by Gasteiger charge is -2.12. The second-order valence-electron chi connectivity index (χ2n) is 6.66. The molecule has 2 aromatic rings. The molecule has 1 fully saturated rings. The van der Waals surface area contributed by atoms with Crippen molar-refractivity contribution < 1.29 is 22.3 Å². The van der Waals surface area contributed by atoms with E-state index < -0.39 is 21.5 Å². The summed E-state index contributed by atoms with van der Waals surface area (Å²) in [5.74, 6) is -1.01. The van der Waals surface area contributed by atoms with Gasteiger partial charge in [0.15, 0.2) is 9.84 Å². The van der Waals surface area contributed by atoms with E-state index in [1.807, 2.05) is 0 Å². The van der Waals surface area contributed by atoms with Crippen LogP contribution in [0.2, 0.25) is 0 Å². The van der Waals surface area contributed by atoms with Crippen molar-refractivity contribution in [1.82, 2.24) is 0 Å². The van der Waals surface area contributed by atoms with Crippen LogP contribution in [-0.2, 0) is 9.84 Å². The van der Waals surface area contributed by atoms with Gasteiger partial charge in [-0.1, -0.05) is 12.1 Å². The zero-order valence-corrected chi connectivity index (χ0v) is 14.5. The Balaban J connectivity index is 1.77. The fourth-order valence-corrected chi connectivity index (χ4v) is 5.13. The van der Waals surface area contributed by atoms with Crippen molar-refractivity contribution in [3.63, 3.8) is 0 Å². The van der Waals surface area contributed by atoms with Gasteiger partial charge in [-0.2, -0.15) is 0 Å². The first-order chi connectivity index (χ1) is 11.9. The highest BCUT2D eigenvalue weighted by atomic mass is 32.2. The van der Waals surface area contributed by atoms with Crippen molar-refractivity contribution in [2.24, 2.45) is 11.8 Å². The molecule has 25 heavy (non-hydrogen) atoms. The molecule has 1 saturated carbocycles. The Labute approximate surface area is 146 Å². The minimum Gasteiger partial charge on any atom is -0.396 e. The maximum Gasteiger partial charge on any atom is 0.178 e. The van der Waals surface area contributed by atoms with Crippen molar-refractivity contribution in [1.29, 1.82) is 0 Å². The summed E-state index contributed by atoms with van der Waals surface area (Å²) in [6.07, 6.45) is 2.40. The predicted octanol–water partition coefficient (Wildman–Crippen LogP) is 3.81. The minimum absolute atomic E-state index is 0.0633. The molecular formula is C19H20F2O3S. The van der Waals surface area contributed by atoms with E-state index in [-0.39, 0.29) is 34.7 Å². The fourth-order valence-electron chi connectivity index (χ4n) is 3.47. The monoisotopic (exact) mass is 366 g/mol. The van der Waals surface area contributed by atoms with E-state index in [4.69, 9.17) is 0 Å². The summed E-state index contributed by atoms with van der Waals surface area (Å²) < 4.78 is 51.9. The van der Waals surface area contributed by atoms with Crippen LogP contribution >= 0.6 is 0 Å². The molecule has 0 saturated heterocycles. The fraction of sp³-hybridized carbons (Fsp3) is 0.368. The average Bonchev–Trinajstić information content (AvgIpc) is 3.02. The SMILES string of the molecule is O=S(=O)(C[C@@H]1CC[C@H](CO)C1)c1ccc(-c2ccc(F)cc2F)cc1. The molecule has 0 aliphatic heterocycles. The molecule has 2 atom stereocenters. The quantitative estimate of drug-likeness (QED) is 0.875. The number of aliphatic hydroxyl groups excluding tert-OH is 1. The van der Waals surface area contributed by atoms with E-state index in [9.17, 15) is 22.3 Å². The molecule has 0 heterocycles. The Kier molecular flexibility index (Phi) is 5.20.